The van der Waals surface area contributed by atoms with Gasteiger partial charge < -0.3 is 10.1 Å². The number of benzene rings is 3. The van der Waals surface area contributed by atoms with E-state index in [2.05, 4.69) is 5.32 Å². The lowest BCUT2D eigenvalue weighted by molar-refractivity contribution is -0.113. The maximum atomic E-state index is 13.4. The molecule has 3 aromatic carbocycles. The zero-order valence-electron chi connectivity index (χ0n) is 18.8. The first-order valence-corrected chi connectivity index (χ1v) is 11.7. The van der Waals surface area contributed by atoms with Crippen molar-refractivity contribution in [3.05, 3.63) is 88.2 Å². The Morgan fingerprint density at radius 2 is 1.82 bits per heavy atom. The molecule has 0 aliphatic rings. The summed E-state index contributed by atoms with van der Waals surface area (Å²) in [5.41, 5.74) is 3.94. The third-order valence-corrected chi connectivity index (χ3v) is 6.09. The van der Waals surface area contributed by atoms with Crippen LogP contribution in [0.25, 0.3) is 16.6 Å². The summed E-state index contributed by atoms with van der Waals surface area (Å²) in [6.45, 7) is 6.42. The van der Waals surface area contributed by atoms with Gasteiger partial charge in [0.25, 0.3) is 5.56 Å². The topological polar surface area (TPSA) is 73.2 Å². The molecule has 1 heterocycles. The second-order valence-corrected chi connectivity index (χ2v) is 8.58. The second-order valence-electron chi connectivity index (χ2n) is 7.63. The number of carbonyl (C=O) groups is 1. The van der Waals surface area contributed by atoms with Crippen LogP contribution in [0.3, 0.4) is 0 Å². The van der Waals surface area contributed by atoms with Crippen LogP contribution in [0.2, 0.25) is 0 Å². The molecule has 0 spiro atoms. The number of aryl methyl sites for hydroxylation is 2. The van der Waals surface area contributed by atoms with Gasteiger partial charge >= 0.3 is 0 Å². The molecule has 0 bridgehead atoms. The number of anilines is 1. The van der Waals surface area contributed by atoms with Gasteiger partial charge in [0.2, 0.25) is 5.91 Å². The third-order valence-electron chi connectivity index (χ3n) is 5.15. The lowest BCUT2D eigenvalue weighted by Gasteiger charge is -2.14. The largest absolute Gasteiger partial charge is 0.494 e. The van der Waals surface area contributed by atoms with Gasteiger partial charge in [-0.25, -0.2) is 4.98 Å². The normalized spacial score (nSPS) is 10.9. The van der Waals surface area contributed by atoms with Crippen molar-refractivity contribution in [1.82, 2.24) is 9.55 Å². The Hall–Kier alpha value is -3.58. The number of carbonyl (C=O) groups excluding carboxylic acids is 1. The molecular formula is C26H25N3O3S. The lowest BCUT2D eigenvalue weighted by Crippen LogP contribution is -2.23. The molecule has 7 heteroatoms. The van der Waals surface area contributed by atoms with E-state index >= 15 is 0 Å². The van der Waals surface area contributed by atoms with Gasteiger partial charge in [-0.15, -0.1) is 0 Å². The molecule has 0 radical (unpaired) electrons. The first kappa shape index (κ1) is 22.6. The number of amides is 1. The third kappa shape index (κ3) is 5.09. The minimum absolute atomic E-state index is 0.120. The quantitative estimate of drug-likeness (QED) is 0.306. The molecule has 0 fully saturated rings. The zero-order valence-corrected chi connectivity index (χ0v) is 19.6. The summed E-state index contributed by atoms with van der Waals surface area (Å²) in [6.07, 6.45) is 0. The highest BCUT2D eigenvalue weighted by Crippen LogP contribution is 2.24. The van der Waals surface area contributed by atoms with Gasteiger partial charge in [0.15, 0.2) is 5.16 Å². The number of thioether (sulfide) groups is 1. The van der Waals surface area contributed by atoms with Crippen molar-refractivity contribution in [2.75, 3.05) is 17.7 Å². The number of ether oxygens (including phenoxy) is 1. The standard InChI is InChI=1S/C26H25N3O3S/c1-4-32-20-13-11-19(12-14-20)29-25(31)21-7-5-6-8-22(21)28-26(29)33-16-24(30)27-23-15-17(2)9-10-18(23)3/h5-15H,4,16H2,1-3H3,(H,27,30). The van der Waals surface area contributed by atoms with Crippen molar-refractivity contribution in [1.29, 1.82) is 0 Å². The van der Waals surface area contributed by atoms with Crippen LogP contribution in [0.1, 0.15) is 18.1 Å². The summed E-state index contributed by atoms with van der Waals surface area (Å²) >= 11 is 1.23. The van der Waals surface area contributed by atoms with Gasteiger partial charge in [-0.1, -0.05) is 36.0 Å². The number of fused-ring (bicyclic) bond motifs is 1. The van der Waals surface area contributed by atoms with Crippen LogP contribution in [0.5, 0.6) is 5.75 Å². The molecular weight excluding hydrogens is 434 g/mol. The van der Waals surface area contributed by atoms with Crippen molar-refractivity contribution in [2.45, 2.75) is 25.9 Å². The van der Waals surface area contributed by atoms with Gasteiger partial charge in [0, 0.05) is 5.69 Å². The van der Waals surface area contributed by atoms with Crippen LogP contribution in [0, 0.1) is 13.8 Å². The molecule has 1 N–H and O–H groups in total. The molecule has 4 rings (SSSR count). The van der Waals surface area contributed by atoms with Crippen LogP contribution < -0.4 is 15.6 Å². The van der Waals surface area contributed by atoms with E-state index in [4.69, 9.17) is 9.72 Å². The molecule has 0 atom stereocenters. The van der Waals surface area contributed by atoms with Crippen molar-refractivity contribution in [2.24, 2.45) is 0 Å². The molecule has 0 unspecified atom stereocenters. The van der Waals surface area contributed by atoms with Gasteiger partial charge in [-0.3, -0.25) is 14.2 Å². The summed E-state index contributed by atoms with van der Waals surface area (Å²) in [7, 11) is 0. The van der Waals surface area contributed by atoms with E-state index < -0.39 is 0 Å². The molecule has 33 heavy (non-hydrogen) atoms. The Morgan fingerprint density at radius 3 is 2.58 bits per heavy atom. The van der Waals surface area contributed by atoms with Gasteiger partial charge in [-0.05, 0) is 74.4 Å². The van der Waals surface area contributed by atoms with Crippen molar-refractivity contribution in [3.63, 3.8) is 0 Å². The van der Waals surface area contributed by atoms with Gasteiger partial charge in [0.1, 0.15) is 5.75 Å². The van der Waals surface area contributed by atoms with Crippen molar-refractivity contribution < 1.29 is 9.53 Å². The maximum Gasteiger partial charge on any atom is 0.266 e. The fourth-order valence-electron chi connectivity index (χ4n) is 3.48. The smallest absolute Gasteiger partial charge is 0.266 e. The lowest BCUT2D eigenvalue weighted by atomic mass is 10.1. The Labute approximate surface area is 196 Å². The summed E-state index contributed by atoms with van der Waals surface area (Å²) < 4.78 is 7.07. The van der Waals surface area contributed by atoms with Crippen molar-refractivity contribution in [3.8, 4) is 11.4 Å². The molecule has 1 aromatic heterocycles. The second kappa shape index (κ2) is 9.92. The van der Waals surface area contributed by atoms with Crippen LogP contribution in [-0.4, -0.2) is 27.8 Å². The Kier molecular flexibility index (Phi) is 6.79. The molecule has 0 saturated carbocycles. The fraction of sp³-hybridized carbons (Fsp3) is 0.192. The predicted octanol–water partition coefficient (Wildman–Crippen LogP) is 5.13. The number of para-hydroxylation sites is 1. The highest BCUT2D eigenvalue weighted by atomic mass is 32.2. The number of aromatic nitrogens is 2. The van der Waals surface area contributed by atoms with Gasteiger partial charge in [-0.2, -0.15) is 0 Å². The first-order chi connectivity index (χ1) is 16.0. The van der Waals surface area contributed by atoms with E-state index in [0.29, 0.717) is 28.4 Å². The summed E-state index contributed by atoms with van der Waals surface area (Å²) in [4.78, 5) is 30.8. The van der Waals surface area contributed by atoms with E-state index in [-0.39, 0.29) is 17.2 Å². The summed E-state index contributed by atoms with van der Waals surface area (Å²) in [5, 5.41) is 3.94. The van der Waals surface area contributed by atoms with E-state index in [9.17, 15) is 9.59 Å². The monoisotopic (exact) mass is 459 g/mol. The number of nitrogens with zero attached hydrogens (tertiary/aromatic N) is 2. The highest BCUT2D eigenvalue weighted by Gasteiger charge is 2.15. The Morgan fingerprint density at radius 1 is 1.06 bits per heavy atom. The van der Waals surface area contributed by atoms with Crippen molar-refractivity contribution >= 4 is 34.3 Å². The fourth-order valence-corrected chi connectivity index (χ4v) is 4.29. The highest BCUT2D eigenvalue weighted by molar-refractivity contribution is 7.99. The van der Waals surface area contributed by atoms with E-state index in [0.717, 1.165) is 22.6 Å². The average molecular weight is 460 g/mol. The number of hydrogen-bond acceptors (Lipinski definition) is 5. The maximum absolute atomic E-state index is 13.4. The number of rotatable bonds is 7. The molecule has 1 amide bonds. The first-order valence-electron chi connectivity index (χ1n) is 10.7. The summed E-state index contributed by atoms with van der Waals surface area (Å²) in [6, 6.07) is 20.5. The molecule has 168 valence electrons. The Balaban J connectivity index is 1.66. The average Bonchev–Trinajstić information content (AvgIpc) is 2.81. The molecule has 0 aliphatic heterocycles. The minimum Gasteiger partial charge on any atom is -0.494 e. The zero-order chi connectivity index (χ0) is 23.4. The predicted molar refractivity (Wildman–Crippen MR) is 134 cm³/mol. The van der Waals surface area contributed by atoms with Crippen LogP contribution in [0.15, 0.2) is 76.7 Å². The van der Waals surface area contributed by atoms with Crippen LogP contribution in [0.4, 0.5) is 5.69 Å². The van der Waals surface area contributed by atoms with E-state index in [1.54, 1.807) is 16.7 Å². The number of nitrogens with one attached hydrogen (secondary N) is 1. The summed E-state index contributed by atoms with van der Waals surface area (Å²) in [5.74, 6) is 0.689. The SMILES string of the molecule is CCOc1ccc(-n2c(SCC(=O)Nc3cc(C)ccc3C)nc3ccccc3c2=O)cc1. The molecule has 4 aromatic rings. The molecule has 0 aliphatic carbocycles. The van der Waals surface area contributed by atoms with Crippen LogP contribution in [-0.2, 0) is 4.79 Å². The van der Waals surface area contributed by atoms with Crippen LogP contribution >= 0.6 is 11.8 Å². The van der Waals surface area contributed by atoms with Gasteiger partial charge in [0.05, 0.1) is 29.0 Å². The number of hydrogen-bond donors (Lipinski definition) is 1. The molecule has 0 saturated heterocycles. The Bertz CT molecular complexity index is 1360. The molecule has 6 nitrogen and oxygen atoms in total. The minimum atomic E-state index is -0.179. The van der Waals surface area contributed by atoms with E-state index in [1.807, 2.05) is 75.4 Å². The van der Waals surface area contributed by atoms with E-state index in [1.165, 1.54) is 11.8 Å².